The molecule has 0 aliphatic heterocycles. The van der Waals surface area contributed by atoms with Crippen molar-refractivity contribution < 1.29 is 9.18 Å². The molecule has 0 radical (unpaired) electrons. The van der Waals surface area contributed by atoms with Crippen LogP contribution in [0.5, 0.6) is 0 Å². The Morgan fingerprint density at radius 3 is 2.85 bits per heavy atom. The van der Waals surface area contributed by atoms with Gasteiger partial charge in [-0.1, -0.05) is 6.07 Å². The largest absolute Gasteiger partial charge is 0.370 e. The summed E-state index contributed by atoms with van der Waals surface area (Å²) >= 11 is 0. The Balaban J connectivity index is 2.24. The third-order valence-corrected chi connectivity index (χ3v) is 2.86. The first kappa shape index (κ1) is 14.0. The molecule has 4 nitrogen and oxygen atoms in total. The Hall–Kier alpha value is -2.43. The van der Waals surface area contributed by atoms with Crippen molar-refractivity contribution in [3.8, 4) is 0 Å². The van der Waals surface area contributed by atoms with Crippen molar-refractivity contribution >= 4 is 17.4 Å². The molecule has 0 aliphatic rings. The molecular weight excluding hydrogens is 257 g/mol. The van der Waals surface area contributed by atoms with Crippen LogP contribution in [0.3, 0.4) is 0 Å². The average molecular weight is 273 g/mol. The fourth-order valence-corrected chi connectivity index (χ4v) is 1.84. The summed E-state index contributed by atoms with van der Waals surface area (Å²) in [5.74, 6) is 0.0633. The number of nitrogens with one attached hydrogen (secondary N) is 1. The molecule has 104 valence electrons. The summed E-state index contributed by atoms with van der Waals surface area (Å²) in [4.78, 5) is 17.9. The fourth-order valence-electron chi connectivity index (χ4n) is 1.84. The van der Waals surface area contributed by atoms with Crippen LogP contribution < -0.4 is 10.2 Å². The quantitative estimate of drug-likeness (QED) is 0.931. The Morgan fingerprint density at radius 2 is 2.15 bits per heavy atom. The van der Waals surface area contributed by atoms with Gasteiger partial charge in [0.15, 0.2) is 0 Å². The number of benzene rings is 1. The maximum atomic E-state index is 13.2. The summed E-state index contributed by atoms with van der Waals surface area (Å²) in [5.41, 5.74) is 1.01. The van der Waals surface area contributed by atoms with E-state index in [-0.39, 0.29) is 11.7 Å². The van der Waals surface area contributed by atoms with Crippen molar-refractivity contribution in [2.75, 3.05) is 23.8 Å². The van der Waals surface area contributed by atoms with Crippen molar-refractivity contribution in [2.45, 2.75) is 6.92 Å². The molecule has 2 aromatic rings. The van der Waals surface area contributed by atoms with Crippen molar-refractivity contribution in [2.24, 2.45) is 0 Å². The number of anilines is 2. The minimum absolute atomic E-state index is 0.211. The van der Waals surface area contributed by atoms with Gasteiger partial charge >= 0.3 is 0 Å². The maximum Gasteiger partial charge on any atom is 0.258 e. The second-order valence-electron chi connectivity index (χ2n) is 4.30. The zero-order valence-corrected chi connectivity index (χ0v) is 11.4. The van der Waals surface area contributed by atoms with E-state index in [1.54, 1.807) is 37.5 Å². The lowest BCUT2D eigenvalue weighted by molar-refractivity contribution is 0.0993. The number of halogens is 1. The molecule has 0 bridgehead atoms. The van der Waals surface area contributed by atoms with Crippen molar-refractivity contribution in [1.29, 1.82) is 0 Å². The van der Waals surface area contributed by atoms with Gasteiger partial charge in [-0.25, -0.2) is 9.37 Å². The Bertz CT molecular complexity index is 616. The van der Waals surface area contributed by atoms with Crippen molar-refractivity contribution in [1.82, 2.24) is 4.98 Å². The molecule has 0 saturated carbocycles. The molecule has 20 heavy (non-hydrogen) atoms. The normalized spacial score (nSPS) is 10.2. The van der Waals surface area contributed by atoms with Gasteiger partial charge in [0.25, 0.3) is 5.91 Å². The second kappa shape index (κ2) is 6.14. The molecule has 0 unspecified atom stereocenters. The van der Waals surface area contributed by atoms with Gasteiger partial charge < -0.3 is 10.2 Å². The highest BCUT2D eigenvalue weighted by molar-refractivity contribution is 6.06. The van der Waals surface area contributed by atoms with Gasteiger partial charge in [-0.3, -0.25) is 4.79 Å². The Morgan fingerprint density at radius 1 is 1.35 bits per heavy atom. The number of carbonyl (C=O) groups excluding carboxylic acids is 1. The summed E-state index contributed by atoms with van der Waals surface area (Å²) in [7, 11) is 1.62. The van der Waals surface area contributed by atoms with E-state index in [9.17, 15) is 9.18 Å². The molecule has 0 saturated heterocycles. The molecule has 1 amide bonds. The third kappa shape index (κ3) is 3.12. The minimum Gasteiger partial charge on any atom is -0.370 e. The van der Waals surface area contributed by atoms with E-state index in [4.69, 9.17) is 0 Å². The first-order chi connectivity index (χ1) is 9.61. The number of hydrogen-bond donors (Lipinski definition) is 1. The van der Waals surface area contributed by atoms with E-state index in [0.717, 1.165) is 6.54 Å². The molecule has 1 N–H and O–H groups in total. The van der Waals surface area contributed by atoms with Crippen LogP contribution in [0.2, 0.25) is 0 Å². The van der Waals surface area contributed by atoms with Crippen LogP contribution in [0, 0.1) is 5.82 Å². The van der Waals surface area contributed by atoms with Crippen LogP contribution in [-0.2, 0) is 0 Å². The van der Waals surface area contributed by atoms with Crippen LogP contribution >= 0.6 is 0 Å². The number of nitrogens with zero attached hydrogens (tertiary/aromatic N) is 2. The summed E-state index contributed by atoms with van der Waals surface area (Å²) < 4.78 is 13.2. The molecule has 5 heteroatoms. The molecule has 2 rings (SSSR count). The van der Waals surface area contributed by atoms with Gasteiger partial charge in [0.05, 0.1) is 0 Å². The van der Waals surface area contributed by atoms with Crippen LogP contribution in [0.1, 0.15) is 17.3 Å². The number of rotatable bonds is 4. The van der Waals surface area contributed by atoms with Crippen LogP contribution in [0.15, 0.2) is 42.6 Å². The lowest BCUT2D eigenvalue weighted by atomic mass is 10.2. The molecule has 1 aromatic carbocycles. The number of aromatic nitrogens is 1. The lowest BCUT2D eigenvalue weighted by Gasteiger charge is -2.17. The van der Waals surface area contributed by atoms with Crippen LogP contribution in [-0.4, -0.2) is 24.5 Å². The number of carbonyl (C=O) groups is 1. The van der Waals surface area contributed by atoms with Crippen molar-refractivity contribution in [3.05, 3.63) is 54.0 Å². The molecule has 1 heterocycles. The summed E-state index contributed by atoms with van der Waals surface area (Å²) in [6.45, 7) is 2.68. The van der Waals surface area contributed by atoms with E-state index < -0.39 is 0 Å². The highest BCUT2D eigenvalue weighted by atomic mass is 19.1. The number of pyridine rings is 1. The number of hydrogen-bond acceptors (Lipinski definition) is 3. The van der Waals surface area contributed by atoms with E-state index in [2.05, 4.69) is 10.3 Å². The van der Waals surface area contributed by atoms with E-state index >= 15 is 0 Å². The second-order valence-corrected chi connectivity index (χ2v) is 4.30. The standard InChI is InChI=1S/C15H16FN3O/c1-3-17-14-9-11(7-8-18-14)15(20)19(2)13-6-4-5-12(16)10-13/h4-10H,3H2,1-2H3,(H,17,18). The summed E-state index contributed by atoms with van der Waals surface area (Å²) in [6, 6.07) is 9.25. The molecular formula is C15H16FN3O. The van der Waals surface area contributed by atoms with Gasteiger partial charge in [-0.2, -0.15) is 0 Å². The maximum absolute atomic E-state index is 13.2. The highest BCUT2D eigenvalue weighted by Crippen LogP contribution is 2.17. The molecule has 0 fully saturated rings. The minimum atomic E-state index is -0.370. The molecule has 0 aliphatic carbocycles. The smallest absolute Gasteiger partial charge is 0.258 e. The first-order valence-electron chi connectivity index (χ1n) is 6.35. The first-order valence-corrected chi connectivity index (χ1v) is 6.35. The fraction of sp³-hybridized carbons (Fsp3) is 0.200. The zero-order chi connectivity index (χ0) is 14.5. The Kier molecular flexibility index (Phi) is 4.30. The summed E-state index contributed by atoms with van der Waals surface area (Å²) in [6.07, 6.45) is 1.57. The Labute approximate surface area is 117 Å². The molecule has 1 aromatic heterocycles. The average Bonchev–Trinajstić information content (AvgIpc) is 2.46. The monoisotopic (exact) mass is 273 g/mol. The predicted molar refractivity (Wildman–Crippen MR) is 77.5 cm³/mol. The predicted octanol–water partition coefficient (Wildman–Crippen LogP) is 2.93. The van der Waals surface area contributed by atoms with E-state index in [1.165, 1.54) is 17.0 Å². The SMILES string of the molecule is CCNc1cc(C(=O)N(C)c2cccc(F)c2)ccn1. The van der Waals surface area contributed by atoms with Gasteiger partial charge in [-0.05, 0) is 37.3 Å². The zero-order valence-electron chi connectivity index (χ0n) is 11.4. The molecule has 0 atom stereocenters. The highest BCUT2D eigenvalue weighted by Gasteiger charge is 2.14. The van der Waals surface area contributed by atoms with E-state index in [0.29, 0.717) is 17.1 Å². The molecule has 0 spiro atoms. The van der Waals surface area contributed by atoms with Gasteiger partial charge in [0, 0.05) is 31.0 Å². The van der Waals surface area contributed by atoms with Crippen LogP contribution in [0.25, 0.3) is 0 Å². The topological polar surface area (TPSA) is 45.2 Å². The van der Waals surface area contributed by atoms with Crippen molar-refractivity contribution in [3.63, 3.8) is 0 Å². The van der Waals surface area contributed by atoms with Gasteiger partial charge in [0.1, 0.15) is 11.6 Å². The third-order valence-electron chi connectivity index (χ3n) is 2.86. The number of amides is 1. The van der Waals surface area contributed by atoms with Gasteiger partial charge in [-0.15, -0.1) is 0 Å². The lowest BCUT2D eigenvalue weighted by Crippen LogP contribution is -2.26. The van der Waals surface area contributed by atoms with E-state index in [1.807, 2.05) is 6.92 Å². The van der Waals surface area contributed by atoms with Crippen LogP contribution in [0.4, 0.5) is 15.9 Å². The summed E-state index contributed by atoms with van der Waals surface area (Å²) in [5, 5.41) is 3.05. The van der Waals surface area contributed by atoms with Gasteiger partial charge in [0.2, 0.25) is 0 Å².